The molecule has 4 nitrogen and oxygen atoms in total. The first-order valence-corrected chi connectivity index (χ1v) is 9.05. The number of para-hydroxylation sites is 2. The normalized spacial score (nSPS) is 11.4. The molecular weight excluding hydrogens is 346 g/mol. The number of hydrogen-bond acceptors (Lipinski definition) is 3. The highest BCUT2D eigenvalue weighted by Gasteiger charge is 2.11. The lowest BCUT2D eigenvalue weighted by atomic mass is 10.1. The van der Waals surface area contributed by atoms with Crippen molar-refractivity contribution in [2.24, 2.45) is 7.05 Å². The zero-order valence-electron chi connectivity index (χ0n) is 15.5. The van der Waals surface area contributed by atoms with E-state index < -0.39 is 0 Å². The maximum absolute atomic E-state index is 9.66. The van der Waals surface area contributed by atoms with Crippen molar-refractivity contribution in [2.45, 2.75) is 6.61 Å². The van der Waals surface area contributed by atoms with E-state index in [4.69, 9.17) is 4.74 Å². The average Bonchev–Trinajstić information content (AvgIpc) is 3.09. The summed E-state index contributed by atoms with van der Waals surface area (Å²) < 4.78 is 7.77. The van der Waals surface area contributed by atoms with Gasteiger partial charge in [-0.2, -0.15) is 5.26 Å². The van der Waals surface area contributed by atoms with Crippen LogP contribution in [-0.4, -0.2) is 9.55 Å². The summed E-state index contributed by atoms with van der Waals surface area (Å²) in [5.41, 5.74) is 4.46. The summed E-state index contributed by atoms with van der Waals surface area (Å²) in [5.74, 6) is 1.45. The summed E-state index contributed by atoms with van der Waals surface area (Å²) in [6, 6.07) is 27.9. The van der Waals surface area contributed by atoms with Crippen LogP contribution >= 0.6 is 0 Å². The van der Waals surface area contributed by atoms with E-state index in [-0.39, 0.29) is 0 Å². The molecule has 0 fully saturated rings. The van der Waals surface area contributed by atoms with E-state index in [9.17, 15) is 5.26 Å². The Bertz CT molecular complexity index is 1170. The number of ether oxygens (including phenoxy) is 1. The molecule has 4 aromatic rings. The largest absolute Gasteiger partial charge is 0.489 e. The topological polar surface area (TPSA) is 50.8 Å². The van der Waals surface area contributed by atoms with Gasteiger partial charge in [-0.05, 0) is 41.5 Å². The molecule has 3 aromatic carbocycles. The Hall–Kier alpha value is -3.84. The Morgan fingerprint density at radius 2 is 1.71 bits per heavy atom. The Balaban J connectivity index is 1.55. The van der Waals surface area contributed by atoms with Crippen molar-refractivity contribution in [3.05, 3.63) is 95.8 Å². The van der Waals surface area contributed by atoms with Gasteiger partial charge in [-0.3, -0.25) is 0 Å². The predicted octanol–water partition coefficient (Wildman–Crippen LogP) is 5.22. The fourth-order valence-corrected chi connectivity index (χ4v) is 3.10. The molecule has 0 aliphatic heterocycles. The average molecular weight is 365 g/mol. The van der Waals surface area contributed by atoms with Crippen molar-refractivity contribution in [2.75, 3.05) is 0 Å². The van der Waals surface area contributed by atoms with Crippen molar-refractivity contribution in [3.8, 4) is 11.8 Å². The second-order valence-electron chi connectivity index (χ2n) is 6.50. The quantitative estimate of drug-likeness (QED) is 0.456. The summed E-state index contributed by atoms with van der Waals surface area (Å²) in [6.45, 7) is 0.527. The molecule has 0 amide bonds. The minimum absolute atomic E-state index is 0.525. The van der Waals surface area contributed by atoms with E-state index in [0.717, 1.165) is 27.9 Å². The molecule has 0 bridgehead atoms. The molecule has 0 atom stereocenters. The van der Waals surface area contributed by atoms with Crippen LogP contribution in [0.25, 0.3) is 22.7 Å². The highest BCUT2D eigenvalue weighted by molar-refractivity contribution is 5.90. The summed E-state index contributed by atoms with van der Waals surface area (Å²) in [4.78, 5) is 4.61. The van der Waals surface area contributed by atoms with E-state index >= 15 is 0 Å². The van der Waals surface area contributed by atoms with Gasteiger partial charge in [0, 0.05) is 7.05 Å². The number of hydrogen-bond donors (Lipinski definition) is 0. The molecule has 1 heterocycles. The van der Waals surface area contributed by atoms with Gasteiger partial charge >= 0.3 is 0 Å². The first-order chi connectivity index (χ1) is 13.7. The van der Waals surface area contributed by atoms with E-state index in [1.54, 1.807) is 0 Å². The zero-order valence-corrected chi connectivity index (χ0v) is 15.5. The van der Waals surface area contributed by atoms with Crippen LogP contribution in [0.4, 0.5) is 0 Å². The Kier molecular flexibility index (Phi) is 4.90. The lowest BCUT2D eigenvalue weighted by Gasteiger charge is -2.06. The fraction of sp³-hybridized carbons (Fsp3) is 0.0833. The number of rotatable bonds is 5. The van der Waals surface area contributed by atoms with Crippen LogP contribution in [0, 0.1) is 11.3 Å². The Morgan fingerprint density at radius 3 is 2.43 bits per heavy atom. The van der Waals surface area contributed by atoms with Gasteiger partial charge in [-0.1, -0.05) is 54.6 Å². The summed E-state index contributed by atoms with van der Waals surface area (Å²) in [6.07, 6.45) is 1.85. The molecule has 0 aliphatic rings. The lowest BCUT2D eigenvalue weighted by Crippen LogP contribution is -1.96. The smallest absolute Gasteiger partial charge is 0.151 e. The summed E-state index contributed by atoms with van der Waals surface area (Å²) in [5, 5.41) is 9.66. The maximum Gasteiger partial charge on any atom is 0.151 e. The molecule has 1 aromatic heterocycles. The molecule has 28 heavy (non-hydrogen) atoms. The van der Waals surface area contributed by atoms with E-state index in [0.29, 0.717) is 18.0 Å². The predicted molar refractivity (Wildman–Crippen MR) is 111 cm³/mol. The van der Waals surface area contributed by atoms with Gasteiger partial charge in [0.1, 0.15) is 18.4 Å². The first kappa shape index (κ1) is 17.6. The van der Waals surface area contributed by atoms with Crippen LogP contribution in [0.3, 0.4) is 0 Å². The van der Waals surface area contributed by atoms with E-state index in [2.05, 4.69) is 11.1 Å². The van der Waals surface area contributed by atoms with Crippen LogP contribution in [0.2, 0.25) is 0 Å². The van der Waals surface area contributed by atoms with Crippen molar-refractivity contribution in [3.63, 3.8) is 0 Å². The Labute approximate surface area is 164 Å². The van der Waals surface area contributed by atoms with Gasteiger partial charge in [0.05, 0.1) is 16.6 Å². The molecule has 136 valence electrons. The van der Waals surface area contributed by atoms with Crippen LogP contribution in [0.5, 0.6) is 5.75 Å². The van der Waals surface area contributed by atoms with Crippen LogP contribution in [-0.2, 0) is 13.7 Å². The molecule has 0 saturated heterocycles. The summed E-state index contributed by atoms with van der Waals surface area (Å²) in [7, 11) is 1.93. The van der Waals surface area contributed by atoms with Crippen molar-refractivity contribution in [1.29, 1.82) is 5.26 Å². The molecule has 0 saturated carbocycles. The number of nitriles is 1. The first-order valence-electron chi connectivity index (χ1n) is 9.05. The minimum atomic E-state index is 0.525. The van der Waals surface area contributed by atoms with Crippen molar-refractivity contribution < 1.29 is 4.74 Å². The Morgan fingerprint density at radius 1 is 1.00 bits per heavy atom. The van der Waals surface area contributed by atoms with Crippen LogP contribution < -0.4 is 4.74 Å². The third-order valence-electron chi connectivity index (χ3n) is 4.59. The third kappa shape index (κ3) is 3.65. The molecule has 0 unspecified atom stereocenters. The highest BCUT2D eigenvalue weighted by atomic mass is 16.5. The standard InChI is InChI=1S/C24H19N3O/c1-27-23-10-6-5-9-22(23)26-24(27)20(16-25)15-18-11-13-21(14-12-18)28-17-19-7-3-2-4-8-19/h2-15H,17H2,1H3. The highest BCUT2D eigenvalue weighted by Crippen LogP contribution is 2.23. The lowest BCUT2D eigenvalue weighted by molar-refractivity contribution is 0.306. The minimum Gasteiger partial charge on any atom is -0.489 e. The number of aromatic nitrogens is 2. The second kappa shape index (κ2) is 7.81. The molecular formula is C24H19N3O. The molecule has 4 heteroatoms. The fourth-order valence-electron chi connectivity index (χ4n) is 3.10. The van der Waals surface area contributed by atoms with Crippen LogP contribution in [0.1, 0.15) is 17.0 Å². The van der Waals surface area contributed by atoms with Gasteiger partial charge in [0.15, 0.2) is 5.82 Å². The molecule has 4 rings (SSSR count). The number of imidazole rings is 1. The second-order valence-corrected chi connectivity index (χ2v) is 6.50. The van der Waals surface area contributed by atoms with Crippen molar-refractivity contribution in [1.82, 2.24) is 9.55 Å². The van der Waals surface area contributed by atoms with E-state index in [1.807, 2.05) is 96.6 Å². The number of fused-ring (bicyclic) bond motifs is 1. The molecule has 0 N–H and O–H groups in total. The number of aryl methyl sites for hydroxylation is 1. The number of nitrogens with zero attached hydrogens (tertiary/aromatic N) is 3. The van der Waals surface area contributed by atoms with Gasteiger partial charge < -0.3 is 9.30 Å². The van der Waals surface area contributed by atoms with Gasteiger partial charge in [-0.15, -0.1) is 0 Å². The van der Waals surface area contributed by atoms with Gasteiger partial charge in [0.25, 0.3) is 0 Å². The van der Waals surface area contributed by atoms with E-state index in [1.165, 1.54) is 0 Å². The monoisotopic (exact) mass is 365 g/mol. The van der Waals surface area contributed by atoms with Gasteiger partial charge in [-0.25, -0.2) is 4.98 Å². The zero-order chi connectivity index (χ0) is 19.3. The number of benzene rings is 3. The SMILES string of the molecule is Cn1c(C(C#N)=Cc2ccc(OCc3ccccc3)cc2)nc2ccccc21. The molecule has 0 aliphatic carbocycles. The van der Waals surface area contributed by atoms with Gasteiger partial charge in [0.2, 0.25) is 0 Å². The number of allylic oxidation sites excluding steroid dienone is 1. The summed E-state index contributed by atoms with van der Waals surface area (Å²) >= 11 is 0. The third-order valence-corrected chi connectivity index (χ3v) is 4.59. The van der Waals surface area contributed by atoms with Crippen molar-refractivity contribution >= 4 is 22.7 Å². The molecule has 0 spiro atoms. The van der Waals surface area contributed by atoms with Crippen LogP contribution in [0.15, 0.2) is 78.9 Å². The maximum atomic E-state index is 9.66. The molecule has 0 radical (unpaired) electrons.